The summed E-state index contributed by atoms with van der Waals surface area (Å²) in [4.78, 5) is 28.3. The van der Waals surface area contributed by atoms with E-state index in [-0.39, 0.29) is 23.0 Å². The lowest BCUT2D eigenvalue weighted by Crippen LogP contribution is -2.52. The molecule has 3 rings (SSSR count). The number of sulfonamides is 1. The number of carbonyl (C=O) groups is 2. The second-order valence-electron chi connectivity index (χ2n) is 8.63. The number of nitrogens with one attached hydrogen (secondary N) is 1. The third-order valence-electron chi connectivity index (χ3n) is 5.88. The van der Waals surface area contributed by atoms with Crippen LogP contribution >= 0.6 is 11.6 Å². The van der Waals surface area contributed by atoms with Gasteiger partial charge in [0.2, 0.25) is 11.8 Å². The Labute approximate surface area is 224 Å². The van der Waals surface area contributed by atoms with Crippen LogP contribution in [-0.4, -0.2) is 44.3 Å². The second kappa shape index (κ2) is 12.7. The summed E-state index contributed by atoms with van der Waals surface area (Å²) >= 11 is 6.19. The van der Waals surface area contributed by atoms with Crippen LogP contribution in [0.1, 0.15) is 31.4 Å². The highest BCUT2D eigenvalue weighted by Gasteiger charge is 2.33. The van der Waals surface area contributed by atoms with Gasteiger partial charge in [-0.1, -0.05) is 72.6 Å². The van der Waals surface area contributed by atoms with E-state index in [1.807, 2.05) is 45.0 Å². The molecule has 9 heteroatoms. The van der Waals surface area contributed by atoms with Crippen LogP contribution in [-0.2, 0) is 26.2 Å². The molecule has 0 saturated carbocycles. The highest BCUT2D eigenvalue weighted by molar-refractivity contribution is 7.92. The molecule has 0 unspecified atom stereocenters. The first-order valence-electron chi connectivity index (χ1n) is 12.1. The zero-order chi connectivity index (χ0) is 27.0. The number of amides is 2. The molecular weight excluding hydrogens is 510 g/mol. The van der Waals surface area contributed by atoms with E-state index in [2.05, 4.69) is 5.32 Å². The Balaban J connectivity index is 2.05. The van der Waals surface area contributed by atoms with Crippen molar-refractivity contribution >= 4 is 39.1 Å². The maximum absolute atomic E-state index is 13.9. The molecule has 0 heterocycles. The van der Waals surface area contributed by atoms with Gasteiger partial charge in [-0.15, -0.1) is 0 Å². The molecule has 1 N–H and O–H groups in total. The summed E-state index contributed by atoms with van der Waals surface area (Å²) in [7, 11) is -4.12. The van der Waals surface area contributed by atoms with Crippen molar-refractivity contribution in [2.75, 3.05) is 17.4 Å². The van der Waals surface area contributed by atoms with Gasteiger partial charge in [-0.25, -0.2) is 8.42 Å². The first-order chi connectivity index (χ1) is 17.7. The van der Waals surface area contributed by atoms with Crippen molar-refractivity contribution in [2.24, 2.45) is 0 Å². The number of hydrogen-bond acceptors (Lipinski definition) is 4. The van der Waals surface area contributed by atoms with Crippen molar-refractivity contribution in [2.45, 2.75) is 44.7 Å². The number of hydrogen-bond donors (Lipinski definition) is 1. The van der Waals surface area contributed by atoms with E-state index < -0.39 is 28.5 Å². The molecule has 0 aliphatic carbocycles. The molecule has 196 valence electrons. The predicted molar refractivity (Wildman–Crippen MR) is 147 cm³/mol. The topological polar surface area (TPSA) is 86.8 Å². The fourth-order valence-electron chi connectivity index (χ4n) is 4.10. The van der Waals surface area contributed by atoms with Gasteiger partial charge < -0.3 is 10.2 Å². The monoisotopic (exact) mass is 541 g/mol. The fraction of sp³-hybridized carbons (Fsp3) is 0.286. The van der Waals surface area contributed by atoms with Crippen LogP contribution < -0.4 is 9.62 Å². The average Bonchev–Trinajstić information content (AvgIpc) is 2.87. The molecule has 0 saturated heterocycles. The molecule has 0 aromatic heterocycles. The molecule has 0 radical (unpaired) electrons. The standard InChI is InChI=1S/C28H32ClN3O4S/c1-4-26(28(34)30-5-2)31(19-22-12-9-11-21(3)17-22)27(33)20-32(24-14-10-13-23(29)18-24)37(35,36)25-15-7-6-8-16-25/h6-18,26H,4-5,19-20H2,1-3H3,(H,30,34)/t26-/m0/s1. The van der Waals surface area contributed by atoms with Crippen LogP contribution in [0.4, 0.5) is 5.69 Å². The molecule has 3 aromatic rings. The maximum atomic E-state index is 13.9. The Bertz CT molecular complexity index is 1330. The van der Waals surface area contributed by atoms with Gasteiger partial charge in [-0.3, -0.25) is 13.9 Å². The van der Waals surface area contributed by atoms with Crippen molar-refractivity contribution in [1.29, 1.82) is 0 Å². The molecule has 0 aliphatic heterocycles. The van der Waals surface area contributed by atoms with Crippen molar-refractivity contribution in [3.63, 3.8) is 0 Å². The van der Waals surface area contributed by atoms with Gasteiger partial charge in [-0.2, -0.15) is 0 Å². The summed E-state index contributed by atoms with van der Waals surface area (Å²) < 4.78 is 28.5. The van der Waals surface area contributed by atoms with Crippen molar-refractivity contribution < 1.29 is 18.0 Å². The predicted octanol–water partition coefficient (Wildman–Crippen LogP) is 4.79. The first-order valence-corrected chi connectivity index (χ1v) is 13.9. The molecule has 1 atom stereocenters. The van der Waals surface area contributed by atoms with Crippen LogP contribution in [0.5, 0.6) is 0 Å². The van der Waals surface area contributed by atoms with Crippen molar-refractivity contribution in [3.8, 4) is 0 Å². The molecule has 0 fully saturated rings. The van der Waals surface area contributed by atoms with Gasteiger partial charge >= 0.3 is 0 Å². The average molecular weight is 542 g/mol. The van der Waals surface area contributed by atoms with E-state index in [0.29, 0.717) is 18.0 Å². The van der Waals surface area contributed by atoms with E-state index in [1.165, 1.54) is 23.1 Å². The highest BCUT2D eigenvalue weighted by atomic mass is 35.5. The van der Waals surface area contributed by atoms with Crippen LogP contribution in [0.25, 0.3) is 0 Å². The Morgan fingerprint density at radius 3 is 2.27 bits per heavy atom. The summed E-state index contributed by atoms with van der Waals surface area (Å²) in [5, 5.41) is 3.13. The smallest absolute Gasteiger partial charge is 0.264 e. The van der Waals surface area contributed by atoms with Crippen LogP contribution in [0.3, 0.4) is 0 Å². The zero-order valence-electron chi connectivity index (χ0n) is 21.2. The summed E-state index contributed by atoms with van der Waals surface area (Å²) in [6.45, 7) is 5.66. The minimum atomic E-state index is -4.12. The lowest BCUT2D eigenvalue weighted by molar-refractivity contribution is -0.140. The molecule has 37 heavy (non-hydrogen) atoms. The third kappa shape index (κ3) is 7.11. The number of aryl methyl sites for hydroxylation is 1. The lowest BCUT2D eigenvalue weighted by atomic mass is 10.1. The normalized spacial score (nSPS) is 12.0. The van der Waals surface area contributed by atoms with Gasteiger partial charge in [-0.05, 0) is 56.2 Å². The van der Waals surface area contributed by atoms with Crippen molar-refractivity contribution in [3.05, 3.63) is 95.0 Å². The number of likely N-dealkylation sites (N-methyl/N-ethyl adjacent to an activating group) is 1. The quantitative estimate of drug-likeness (QED) is 0.378. The van der Waals surface area contributed by atoms with E-state index >= 15 is 0 Å². The fourth-order valence-corrected chi connectivity index (χ4v) is 5.71. The number of rotatable bonds is 11. The van der Waals surface area contributed by atoms with Gasteiger partial charge in [0.1, 0.15) is 12.6 Å². The molecule has 2 amide bonds. The molecule has 3 aromatic carbocycles. The van der Waals surface area contributed by atoms with E-state index in [0.717, 1.165) is 15.4 Å². The first kappa shape index (κ1) is 28.2. The van der Waals surface area contributed by atoms with Gasteiger partial charge in [0.05, 0.1) is 10.6 Å². The second-order valence-corrected chi connectivity index (χ2v) is 10.9. The molecular formula is C28H32ClN3O4S. The third-order valence-corrected chi connectivity index (χ3v) is 7.90. The van der Waals surface area contributed by atoms with Crippen LogP contribution in [0.15, 0.2) is 83.8 Å². The molecule has 0 aliphatic rings. The SMILES string of the molecule is CCNC(=O)[C@H](CC)N(Cc1cccc(C)c1)C(=O)CN(c1cccc(Cl)c1)S(=O)(=O)c1ccccc1. The summed E-state index contributed by atoms with van der Waals surface area (Å²) in [6.07, 6.45) is 0.367. The highest BCUT2D eigenvalue weighted by Crippen LogP contribution is 2.27. The summed E-state index contributed by atoms with van der Waals surface area (Å²) in [5.41, 5.74) is 2.12. The number of anilines is 1. The molecule has 0 bridgehead atoms. The largest absolute Gasteiger partial charge is 0.355 e. The van der Waals surface area contributed by atoms with Crippen molar-refractivity contribution in [1.82, 2.24) is 10.2 Å². The van der Waals surface area contributed by atoms with Gasteiger partial charge in [0.25, 0.3) is 10.0 Å². The van der Waals surface area contributed by atoms with Crippen LogP contribution in [0, 0.1) is 6.92 Å². The Morgan fingerprint density at radius 1 is 0.946 bits per heavy atom. The zero-order valence-corrected chi connectivity index (χ0v) is 22.8. The summed E-state index contributed by atoms with van der Waals surface area (Å²) in [5.74, 6) is -0.787. The lowest BCUT2D eigenvalue weighted by Gasteiger charge is -2.33. The van der Waals surface area contributed by atoms with Gasteiger partial charge in [0.15, 0.2) is 0 Å². The van der Waals surface area contributed by atoms with E-state index in [9.17, 15) is 18.0 Å². The number of nitrogens with zero attached hydrogens (tertiary/aromatic N) is 2. The Morgan fingerprint density at radius 2 is 1.65 bits per heavy atom. The Hall–Kier alpha value is -3.36. The number of carbonyl (C=O) groups excluding carboxylic acids is 2. The van der Waals surface area contributed by atoms with Gasteiger partial charge in [0, 0.05) is 18.1 Å². The molecule has 7 nitrogen and oxygen atoms in total. The van der Waals surface area contributed by atoms with Crippen LogP contribution in [0.2, 0.25) is 5.02 Å². The molecule has 0 spiro atoms. The number of benzene rings is 3. The van der Waals surface area contributed by atoms with E-state index in [1.54, 1.807) is 36.4 Å². The Kier molecular flexibility index (Phi) is 9.72. The number of halogens is 1. The minimum Gasteiger partial charge on any atom is -0.355 e. The maximum Gasteiger partial charge on any atom is 0.264 e. The summed E-state index contributed by atoms with van der Waals surface area (Å²) in [6, 6.07) is 21.2. The van der Waals surface area contributed by atoms with E-state index in [4.69, 9.17) is 11.6 Å². The minimum absolute atomic E-state index is 0.0452.